The number of carbonyl (C=O) groups excluding carboxylic acids is 1. The standard InChI is InChI=1S/C17H27NO4/c1-15(19)21-13-8-4-3-7-11-18-12-14-22-17-10-6-5-9-16(17)20-2/h5-6,9-10,18H,3-4,7-8,11-14H2,1-2H3. The number of hydrogen-bond donors (Lipinski definition) is 1. The van der Waals surface area contributed by atoms with Crippen LogP contribution in [0.2, 0.25) is 0 Å². The monoisotopic (exact) mass is 309 g/mol. The van der Waals surface area contributed by atoms with Gasteiger partial charge in [0.2, 0.25) is 0 Å². The number of methoxy groups -OCH3 is 1. The van der Waals surface area contributed by atoms with Crippen LogP contribution in [0.1, 0.15) is 32.6 Å². The molecule has 0 aliphatic rings. The molecule has 0 aromatic heterocycles. The van der Waals surface area contributed by atoms with Crippen molar-refractivity contribution in [2.75, 3.05) is 33.4 Å². The van der Waals surface area contributed by atoms with Crippen LogP contribution in [0.4, 0.5) is 0 Å². The fraction of sp³-hybridized carbons (Fsp3) is 0.588. The van der Waals surface area contributed by atoms with Crippen molar-refractivity contribution < 1.29 is 19.0 Å². The summed E-state index contributed by atoms with van der Waals surface area (Å²) >= 11 is 0. The Hall–Kier alpha value is -1.75. The molecule has 0 heterocycles. The van der Waals surface area contributed by atoms with E-state index in [2.05, 4.69) is 5.32 Å². The molecule has 0 fully saturated rings. The van der Waals surface area contributed by atoms with Gasteiger partial charge in [0.25, 0.3) is 0 Å². The van der Waals surface area contributed by atoms with Crippen LogP contribution in [0.25, 0.3) is 0 Å². The molecule has 0 radical (unpaired) electrons. The molecular formula is C17H27NO4. The van der Waals surface area contributed by atoms with E-state index in [0.717, 1.165) is 50.3 Å². The van der Waals surface area contributed by atoms with Crippen LogP contribution < -0.4 is 14.8 Å². The second-order valence-electron chi connectivity index (χ2n) is 5.00. The van der Waals surface area contributed by atoms with Gasteiger partial charge in [-0.3, -0.25) is 4.79 Å². The van der Waals surface area contributed by atoms with Gasteiger partial charge in [0, 0.05) is 13.5 Å². The van der Waals surface area contributed by atoms with Crippen molar-refractivity contribution in [3.05, 3.63) is 24.3 Å². The van der Waals surface area contributed by atoms with Gasteiger partial charge in [-0.1, -0.05) is 25.0 Å². The van der Waals surface area contributed by atoms with Crippen molar-refractivity contribution in [2.24, 2.45) is 0 Å². The number of nitrogens with one attached hydrogen (secondary N) is 1. The maximum absolute atomic E-state index is 10.6. The fourth-order valence-corrected chi connectivity index (χ4v) is 2.02. The van der Waals surface area contributed by atoms with E-state index in [1.807, 2.05) is 24.3 Å². The van der Waals surface area contributed by atoms with Gasteiger partial charge >= 0.3 is 5.97 Å². The van der Waals surface area contributed by atoms with Crippen LogP contribution in [-0.4, -0.2) is 39.4 Å². The molecule has 1 rings (SSSR count). The second-order valence-corrected chi connectivity index (χ2v) is 5.00. The Balaban J connectivity index is 1.92. The molecule has 124 valence electrons. The summed E-state index contributed by atoms with van der Waals surface area (Å²) in [4.78, 5) is 10.6. The van der Waals surface area contributed by atoms with E-state index >= 15 is 0 Å². The molecule has 1 aromatic rings. The fourth-order valence-electron chi connectivity index (χ4n) is 2.02. The van der Waals surface area contributed by atoms with Crippen molar-refractivity contribution in [1.29, 1.82) is 0 Å². The van der Waals surface area contributed by atoms with Crippen molar-refractivity contribution in [3.63, 3.8) is 0 Å². The van der Waals surface area contributed by atoms with Crippen molar-refractivity contribution in [3.8, 4) is 11.5 Å². The Morgan fingerprint density at radius 1 is 1.00 bits per heavy atom. The number of para-hydroxylation sites is 2. The molecule has 0 aliphatic heterocycles. The Morgan fingerprint density at radius 3 is 2.45 bits per heavy atom. The largest absolute Gasteiger partial charge is 0.493 e. The highest BCUT2D eigenvalue weighted by atomic mass is 16.5. The van der Waals surface area contributed by atoms with Gasteiger partial charge < -0.3 is 19.5 Å². The van der Waals surface area contributed by atoms with Crippen LogP contribution in [0.15, 0.2) is 24.3 Å². The number of hydrogen-bond acceptors (Lipinski definition) is 5. The SMILES string of the molecule is COc1ccccc1OCCNCCCCCCOC(C)=O. The minimum absolute atomic E-state index is 0.197. The third-order valence-electron chi connectivity index (χ3n) is 3.16. The smallest absolute Gasteiger partial charge is 0.302 e. The lowest BCUT2D eigenvalue weighted by Crippen LogP contribution is -2.22. The molecule has 0 aliphatic carbocycles. The average Bonchev–Trinajstić information content (AvgIpc) is 2.52. The zero-order chi connectivity index (χ0) is 16.0. The molecule has 0 spiro atoms. The van der Waals surface area contributed by atoms with Gasteiger partial charge in [-0.25, -0.2) is 0 Å². The minimum Gasteiger partial charge on any atom is -0.493 e. The highest BCUT2D eigenvalue weighted by Gasteiger charge is 2.01. The summed E-state index contributed by atoms with van der Waals surface area (Å²) in [6, 6.07) is 7.65. The molecule has 0 unspecified atom stereocenters. The number of esters is 1. The molecule has 1 N–H and O–H groups in total. The molecule has 0 atom stereocenters. The Morgan fingerprint density at radius 2 is 1.73 bits per heavy atom. The highest BCUT2D eigenvalue weighted by Crippen LogP contribution is 2.25. The van der Waals surface area contributed by atoms with E-state index in [9.17, 15) is 4.79 Å². The summed E-state index contributed by atoms with van der Waals surface area (Å²) in [6.07, 6.45) is 4.29. The van der Waals surface area contributed by atoms with E-state index in [1.54, 1.807) is 7.11 Å². The molecule has 0 amide bonds. The molecule has 0 saturated carbocycles. The quantitative estimate of drug-likeness (QED) is 0.475. The first-order valence-electron chi connectivity index (χ1n) is 7.84. The maximum Gasteiger partial charge on any atom is 0.302 e. The topological polar surface area (TPSA) is 56.8 Å². The van der Waals surface area contributed by atoms with Crippen molar-refractivity contribution in [1.82, 2.24) is 5.32 Å². The van der Waals surface area contributed by atoms with E-state index in [-0.39, 0.29) is 5.97 Å². The minimum atomic E-state index is -0.197. The Bertz CT molecular complexity index is 423. The van der Waals surface area contributed by atoms with Gasteiger partial charge in [0.15, 0.2) is 11.5 Å². The lowest BCUT2D eigenvalue weighted by atomic mass is 10.2. The zero-order valence-electron chi connectivity index (χ0n) is 13.6. The first kappa shape index (κ1) is 18.3. The predicted molar refractivity (Wildman–Crippen MR) is 86.5 cm³/mol. The summed E-state index contributed by atoms with van der Waals surface area (Å²) in [6.45, 7) is 4.38. The van der Waals surface area contributed by atoms with Gasteiger partial charge in [0.1, 0.15) is 6.61 Å². The molecule has 0 bridgehead atoms. The van der Waals surface area contributed by atoms with Crippen molar-refractivity contribution in [2.45, 2.75) is 32.6 Å². The summed E-state index contributed by atoms with van der Waals surface area (Å²) in [7, 11) is 1.64. The van der Waals surface area contributed by atoms with Crippen LogP contribution in [0.3, 0.4) is 0 Å². The van der Waals surface area contributed by atoms with Crippen LogP contribution >= 0.6 is 0 Å². The van der Waals surface area contributed by atoms with Crippen LogP contribution in [0.5, 0.6) is 11.5 Å². The normalized spacial score (nSPS) is 10.3. The number of benzene rings is 1. The third-order valence-corrected chi connectivity index (χ3v) is 3.16. The maximum atomic E-state index is 10.6. The molecule has 5 heteroatoms. The van der Waals surface area contributed by atoms with E-state index in [1.165, 1.54) is 6.92 Å². The molecule has 1 aromatic carbocycles. The van der Waals surface area contributed by atoms with Gasteiger partial charge in [-0.2, -0.15) is 0 Å². The molecular weight excluding hydrogens is 282 g/mol. The molecule has 5 nitrogen and oxygen atoms in total. The van der Waals surface area contributed by atoms with Crippen LogP contribution in [-0.2, 0) is 9.53 Å². The Labute approximate surface area is 132 Å². The number of unbranched alkanes of at least 4 members (excludes halogenated alkanes) is 3. The molecule has 22 heavy (non-hydrogen) atoms. The van der Waals surface area contributed by atoms with Crippen LogP contribution in [0, 0.1) is 0 Å². The first-order chi connectivity index (χ1) is 10.7. The van der Waals surface area contributed by atoms with Gasteiger partial charge in [-0.15, -0.1) is 0 Å². The Kier molecular flexibility index (Phi) is 9.87. The highest BCUT2D eigenvalue weighted by molar-refractivity contribution is 5.65. The average molecular weight is 309 g/mol. The summed E-state index contributed by atoms with van der Waals surface area (Å²) < 4.78 is 15.8. The van der Waals surface area contributed by atoms with Crippen molar-refractivity contribution >= 4 is 5.97 Å². The molecule has 0 saturated heterocycles. The zero-order valence-corrected chi connectivity index (χ0v) is 13.6. The second kappa shape index (κ2) is 11.9. The number of carbonyl (C=O) groups is 1. The third kappa shape index (κ3) is 8.52. The van der Waals surface area contributed by atoms with Gasteiger partial charge in [-0.05, 0) is 31.5 Å². The summed E-state index contributed by atoms with van der Waals surface area (Å²) in [5, 5.41) is 3.35. The summed E-state index contributed by atoms with van der Waals surface area (Å²) in [5.74, 6) is 1.34. The lowest BCUT2D eigenvalue weighted by molar-refractivity contribution is -0.141. The first-order valence-corrected chi connectivity index (χ1v) is 7.84. The number of rotatable bonds is 12. The predicted octanol–water partition coefficient (Wildman–Crippen LogP) is 2.79. The number of ether oxygens (including phenoxy) is 3. The van der Waals surface area contributed by atoms with E-state index < -0.39 is 0 Å². The summed E-state index contributed by atoms with van der Waals surface area (Å²) in [5.41, 5.74) is 0. The van der Waals surface area contributed by atoms with E-state index in [4.69, 9.17) is 14.2 Å². The van der Waals surface area contributed by atoms with Gasteiger partial charge in [0.05, 0.1) is 13.7 Å². The lowest BCUT2D eigenvalue weighted by Gasteiger charge is -2.10. The van der Waals surface area contributed by atoms with E-state index in [0.29, 0.717) is 13.2 Å².